The number of hydrogen-bond donors (Lipinski definition) is 2. The summed E-state index contributed by atoms with van der Waals surface area (Å²) < 4.78 is 10.5. The van der Waals surface area contributed by atoms with Gasteiger partial charge in [0.15, 0.2) is 11.5 Å². The highest BCUT2D eigenvalue weighted by atomic mass is 16.5. The first kappa shape index (κ1) is 15.7. The minimum absolute atomic E-state index is 0.0430. The maximum absolute atomic E-state index is 10.0. The Labute approximate surface area is 126 Å². The summed E-state index contributed by atoms with van der Waals surface area (Å²) in [4.78, 5) is 2.42. The van der Waals surface area contributed by atoms with Crippen LogP contribution < -0.4 is 14.8 Å². The van der Waals surface area contributed by atoms with Gasteiger partial charge >= 0.3 is 0 Å². The third kappa shape index (κ3) is 3.49. The van der Waals surface area contributed by atoms with Gasteiger partial charge in [-0.25, -0.2) is 0 Å². The van der Waals surface area contributed by atoms with Crippen molar-refractivity contribution >= 4 is 0 Å². The molecule has 1 heterocycles. The van der Waals surface area contributed by atoms with Crippen LogP contribution in [-0.2, 0) is 0 Å². The molecule has 5 nitrogen and oxygen atoms in total. The third-order valence-electron chi connectivity index (χ3n) is 3.87. The topological polar surface area (TPSA) is 54.0 Å². The summed E-state index contributed by atoms with van der Waals surface area (Å²) >= 11 is 0. The minimum Gasteiger partial charge on any atom is -0.502 e. The Morgan fingerprint density at radius 2 is 1.86 bits per heavy atom. The summed E-state index contributed by atoms with van der Waals surface area (Å²) in [5.74, 6) is 0.920. The molecule has 21 heavy (non-hydrogen) atoms. The van der Waals surface area contributed by atoms with Crippen molar-refractivity contribution in [3.8, 4) is 17.2 Å². The maximum atomic E-state index is 10.0. The van der Waals surface area contributed by atoms with Crippen LogP contribution in [0.2, 0.25) is 0 Å². The lowest BCUT2D eigenvalue weighted by atomic mass is 10.00. The van der Waals surface area contributed by atoms with Crippen molar-refractivity contribution in [2.75, 3.05) is 40.4 Å². The van der Waals surface area contributed by atoms with Crippen molar-refractivity contribution in [3.63, 3.8) is 0 Å². The number of aromatic hydroxyl groups is 1. The van der Waals surface area contributed by atoms with Crippen LogP contribution >= 0.6 is 0 Å². The predicted molar refractivity (Wildman–Crippen MR) is 83.2 cm³/mol. The number of phenolic OH excluding ortho intramolecular Hbond substituents is 1. The molecule has 0 aliphatic carbocycles. The molecule has 5 heteroatoms. The molecular formula is C16H24N2O3. The van der Waals surface area contributed by atoms with Crippen LogP contribution in [0.1, 0.15) is 18.0 Å². The first-order chi connectivity index (χ1) is 10.2. The van der Waals surface area contributed by atoms with Gasteiger partial charge in [0.05, 0.1) is 14.2 Å². The van der Waals surface area contributed by atoms with Crippen LogP contribution in [0, 0.1) is 0 Å². The van der Waals surface area contributed by atoms with Crippen molar-refractivity contribution in [2.45, 2.75) is 12.5 Å². The second kappa shape index (κ2) is 7.33. The number of hydrogen-bond acceptors (Lipinski definition) is 5. The number of nitrogens with zero attached hydrogens (tertiary/aromatic N) is 1. The van der Waals surface area contributed by atoms with Crippen molar-refractivity contribution < 1.29 is 14.6 Å². The van der Waals surface area contributed by atoms with Gasteiger partial charge in [0.2, 0.25) is 5.75 Å². The second-order valence-electron chi connectivity index (χ2n) is 5.10. The zero-order valence-corrected chi connectivity index (χ0v) is 12.8. The third-order valence-corrected chi connectivity index (χ3v) is 3.87. The van der Waals surface area contributed by atoms with E-state index in [1.807, 2.05) is 18.2 Å². The fourth-order valence-electron chi connectivity index (χ4n) is 2.75. The SMILES string of the molecule is C=CC[C@@H](c1cc(OC)c(O)c(OC)c1)N1CCNCC1. The summed E-state index contributed by atoms with van der Waals surface area (Å²) in [6, 6.07) is 3.98. The number of nitrogens with one attached hydrogen (secondary N) is 1. The number of rotatable bonds is 6. The van der Waals surface area contributed by atoms with E-state index in [0.717, 1.165) is 38.2 Å². The lowest BCUT2D eigenvalue weighted by Crippen LogP contribution is -2.45. The lowest BCUT2D eigenvalue weighted by molar-refractivity contribution is 0.174. The normalized spacial score (nSPS) is 17.2. The summed E-state index contributed by atoms with van der Waals surface area (Å²) in [5.41, 5.74) is 1.07. The average Bonchev–Trinajstić information content (AvgIpc) is 2.54. The Balaban J connectivity index is 2.36. The van der Waals surface area contributed by atoms with Gasteiger partial charge in [0.1, 0.15) is 0 Å². The zero-order valence-electron chi connectivity index (χ0n) is 12.8. The average molecular weight is 292 g/mol. The molecule has 0 spiro atoms. The number of benzene rings is 1. The standard InChI is InChI=1S/C16H24N2O3/c1-4-5-13(18-8-6-17-7-9-18)12-10-14(20-2)16(19)15(11-12)21-3/h4,10-11,13,17,19H,1,5-9H2,2-3H3/t13-/m0/s1. The number of ether oxygens (including phenoxy) is 2. The molecule has 1 atom stereocenters. The Morgan fingerprint density at radius 1 is 1.29 bits per heavy atom. The van der Waals surface area contributed by atoms with Crippen LogP contribution in [0.5, 0.6) is 17.2 Å². The summed E-state index contributed by atoms with van der Waals surface area (Å²) in [6.07, 6.45) is 2.77. The molecule has 0 aromatic heterocycles. The van der Waals surface area contributed by atoms with E-state index < -0.39 is 0 Å². The van der Waals surface area contributed by atoms with Crippen molar-refractivity contribution in [2.24, 2.45) is 0 Å². The van der Waals surface area contributed by atoms with Crippen molar-refractivity contribution in [1.82, 2.24) is 10.2 Å². The lowest BCUT2D eigenvalue weighted by Gasteiger charge is -2.35. The Kier molecular flexibility index (Phi) is 5.47. The Hall–Kier alpha value is -1.72. The van der Waals surface area contributed by atoms with Crippen LogP contribution in [0.4, 0.5) is 0 Å². The predicted octanol–water partition coefficient (Wildman–Crippen LogP) is 1.93. The van der Waals surface area contributed by atoms with E-state index in [4.69, 9.17) is 9.47 Å². The van der Waals surface area contributed by atoms with E-state index in [-0.39, 0.29) is 11.8 Å². The maximum Gasteiger partial charge on any atom is 0.200 e. The molecule has 2 N–H and O–H groups in total. The molecule has 1 aromatic carbocycles. The fourth-order valence-corrected chi connectivity index (χ4v) is 2.75. The van der Waals surface area contributed by atoms with Crippen LogP contribution in [0.15, 0.2) is 24.8 Å². The van der Waals surface area contributed by atoms with E-state index in [1.165, 1.54) is 0 Å². The monoisotopic (exact) mass is 292 g/mol. The van der Waals surface area contributed by atoms with Crippen LogP contribution in [0.3, 0.4) is 0 Å². The van der Waals surface area contributed by atoms with E-state index >= 15 is 0 Å². The number of methoxy groups -OCH3 is 2. The highest BCUT2D eigenvalue weighted by molar-refractivity contribution is 5.53. The van der Waals surface area contributed by atoms with E-state index in [2.05, 4.69) is 16.8 Å². The number of phenols is 1. The van der Waals surface area contributed by atoms with Gasteiger partial charge in [-0.3, -0.25) is 4.90 Å². The number of piperazine rings is 1. The van der Waals surface area contributed by atoms with Gasteiger partial charge in [-0.1, -0.05) is 6.08 Å². The first-order valence-electron chi connectivity index (χ1n) is 7.21. The van der Waals surface area contributed by atoms with Gasteiger partial charge in [0, 0.05) is 32.2 Å². The molecule has 0 bridgehead atoms. The van der Waals surface area contributed by atoms with Gasteiger partial charge in [-0.05, 0) is 24.1 Å². The smallest absolute Gasteiger partial charge is 0.200 e. The highest BCUT2D eigenvalue weighted by Gasteiger charge is 2.23. The van der Waals surface area contributed by atoms with Gasteiger partial charge in [0.25, 0.3) is 0 Å². The minimum atomic E-state index is 0.0430. The highest BCUT2D eigenvalue weighted by Crippen LogP contribution is 2.40. The Bertz CT molecular complexity index is 459. The molecule has 2 rings (SSSR count). The zero-order chi connectivity index (χ0) is 15.2. The quantitative estimate of drug-likeness (QED) is 0.785. The summed E-state index contributed by atoms with van der Waals surface area (Å²) in [7, 11) is 3.09. The molecule has 1 aromatic rings. The van der Waals surface area contributed by atoms with Crippen molar-refractivity contribution in [1.29, 1.82) is 0 Å². The summed E-state index contributed by atoms with van der Waals surface area (Å²) in [5, 5.41) is 13.4. The second-order valence-corrected chi connectivity index (χ2v) is 5.10. The molecule has 1 aliphatic heterocycles. The van der Waals surface area contributed by atoms with E-state index in [0.29, 0.717) is 11.5 Å². The molecule has 0 amide bonds. The molecule has 116 valence electrons. The van der Waals surface area contributed by atoms with Gasteiger partial charge in [-0.2, -0.15) is 0 Å². The fraction of sp³-hybridized carbons (Fsp3) is 0.500. The van der Waals surface area contributed by atoms with E-state index in [9.17, 15) is 5.11 Å². The molecule has 0 unspecified atom stereocenters. The van der Waals surface area contributed by atoms with Gasteiger partial charge < -0.3 is 19.9 Å². The molecule has 1 saturated heterocycles. The largest absolute Gasteiger partial charge is 0.502 e. The van der Waals surface area contributed by atoms with E-state index in [1.54, 1.807) is 14.2 Å². The van der Waals surface area contributed by atoms with Crippen LogP contribution in [0.25, 0.3) is 0 Å². The molecule has 0 radical (unpaired) electrons. The van der Waals surface area contributed by atoms with Crippen LogP contribution in [-0.4, -0.2) is 50.4 Å². The molecular weight excluding hydrogens is 268 g/mol. The molecule has 1 fully saturated rings. The molecule has 0 saturated carbocycles. The Morgan fingerprint density at radius 3 is 2.33 bits per heavy atom. The van der Waals surface area contributed by atoms with Crippen molar-refractivity contribution in [3.05, 3.63) is 30.4 Å². The van der Waals surface area contributed by atoms with Gasteiger partial charge in [-0.15, -0.1) is 6.58 Å². The summed E-state index contributed by atoms with van der Waals surface area (Å²) in [6.45, 7) is 7.82. The first-order valence-corrected chi connectivity index (χ1v) is 7.21. The molecule has 1 aliphatic rings.